The van der Waals surface area contributed by atoms with Gasteiger partial charge in [0.2, 0.25) is 0 Å². The van der Waals surface area contributed by atoms with Crippen molar-refractivity contribution < 1.29 is 19.3 Å². The Morgan fingerprint density at radius 3 is 2.62 bits per heavy atom. The smallest absolute Gasteiger partial charge is 0.166 e. The third-order valence-electron chi connectivity index (χ3n) is 10.4. The molecule has 6 aliphatic rings. The normalized spacial score (nSPS) is 45.6. The van der Waals surface area contributed by atoms with Gasteiger partial charge in [-0.15, -0.1) is 0 Å². The van der Waals surface area contributed by atoms with Crippen molar-refractivity contribution in [1.29, 1.82) is 0 Å². The van der Waals surface area contributed by atoms with Gasteiger partial charge in [0.25, 0.3) is 0 Å². The minimum absolute atomic E-state index is 0.0866. The lowest BCUT2D eigenvalue weighted by Crippen LogP contribution is -2.85. The summed E-state index contributed by atoms with van der Waals surface area (Å²) in [6.45, 7) is 9.47. The molecule has 4 aliphatic carbocycles. The van der Waals surface area contributed by atoms with Crippen LogP contribution in [0.1, 0.15) is 64.0 Å². The predicted octanol–water partition coefficient (Wildman–Crippen LogP) is 4.03. The first-order chi connectivity index (χ1) is 15.1. The Hall–Kier alpha value is -1.56. The first-order valence-corrected chi connectivity index (χ1v) is 12.2. The van der Waals surface area contributed by atoms with Gasteiger partial charge in [-0.05, 0) is 65.3 Å². The second-order valence-corrected chi connectivity index (χ2v) is 11.6. The van der Waals surface area contributed by atoms with E-state index in [0.717, 1.165) is 37.3 Å². The number of hydrogen-bond donors (Lipinski definition) is 1. The number of benzene rings is 1. The van der Waals surface area contributed by atoms with E-state index >= 15 is 0 Å². The van der Waals surface area contributed by atoms with Crippen LogP contribution in [0, 0.1) is 11.3 Å². The maximum atomic E-state index is 11.5. The van der Waals surface area contributed by atoms with Crippen LogP contribution in [0.25, 0.3) is 0 Å². The molecule has 7 atom stereocenters. The first-order valence-electron chi connectivity index (χ1n) is 12.2. The number of aliphatic hydroxyl groups is 1. The average molecular weight is 440 g/mol. The van der Waals surface area contributed by atoms with Crippen LogP contribution in [0.15, 0.2) is 24.3 Å². The van der Waals surface area contributed by atoms with E-state index in [0.29, 0.717) is 12.0 Å². The van der Waals surface area contributed by atoms with E-state index in [-0.39, 0.29) is 16.7 Å². The number of ether oxygens (including phenoxy) is 3. The van der Waals surface area contributed by atoms with Gasteiger partial charge in [-0.3, -0.25) is 0 Å². The molecule has 1 saturated carbocycles. The maximum absolute atomic E-state index is 11.5. The van der Waals surface area contributed by atoms with Crippen molar-refractivity contribution in [3.8, 4) is 11.5 Å². The Labute approximate surface area is 191 Å². The quantitative estimate of drug-likeness (QED) is 0.718. The van der Waals surface area contributed by atoms with Gasteiger partial charge in [-0.1, -0.05) is 25.1 Å². The minimum atomic E-state index is -0.907. The Morgan fingerprint density at radius 1 is 1.25 bits per heavy atom. The molecule has 1 saturated heterocycles. The van der Waals surface area contributed by atoms with E-state index in [9.17, 15) is 5.11 Å². The molecule has 2 aliphatic heterocycles. The van der Waals surface area contributed by atoms with Crippen LogP contribution in [0.5, 0.6) is 11.5 Å². The molecule has 5 nitrogen and oxygen atoms in total. The van der Waals surface area contributed by atoms with Crippen molar-refractivity contribution >= 4 is 0 Å². The number of likely N-dealkylation sites (N-methyl/N-ethyl adjacent to an activating group) is 1. The molecule has 2 heterocycles. The van der Waals surface area contributed by atoms with Crippen molar-refractivity contribution in [1.82, 2.24) is 4.90 Å². The number of nitrogens with zero attached hydrogens (tertiary/aromatic N) is 1. The van der Waals surface area contributed by atoms with E-state index in [1.807, 2.05) is 13.8 Å². The molecular formula is C27H37NO4. The molecule has 2 spiro atoms. The van der Waals surface area contributed by atoms with Crippen molar-refractivity contribution in [2.45, 2.75) is 81.1 Å². The van der Waals surface area contributed by atoms with Crippen LogP contribution in [0.4, 0.5) is 0 Å². The number of rotatable bonds is 4. The van der Waals surface area contributed by atoms with Gasteiger partial charge < -0.3 is 24.2 Å². The molecule has 1 aromatic carbocycles. The molecule has 32 heavy (non-hydrogen) atoms. The standard InChI is InChI=1S/C27H37NO4/c1-8-16-17-9-10-18(30-6)21-20(17)26-13-14-28(5)22(16)25(26)11-12-27(31-7,24(26,4)32-21)19(15-25)23(2,3)29/h9-12,16,19,22,29H,8,13-15H2,1-7H3/t16-,19-,22-,24+,25-,26+,27-/m1/s1. The van der Waals surface area contributed by atoms with E-state index in [4.69, 9.17) is 14.2 Å². The van der Waals surface area contributed by atoms with Crippen LogP contribution >= 0.6 is 0 Å². The average Bonchev–Trinajstić information content (AvgIpc) is 3.05. The van der Waals surface area contributed by atoms with Crippen molar-refractivity contribution in [2.75, 3.05) is 27.8 Å². The number of piperidine rings is 1. The third-order valence-corrected chi connectivity index (χ3v) is 10.4. The number of likely N-dealkylation sites (tertiary alicyclic amines) is 1. The summed E-state index contributed by atoms with van der Waals surface area (Å²) in [4.78, 5) is 2.59. The predicted molar refractivity (Wildman–Crippen MR) is 123 cm³/mol. The first kappa shape index (κ1) is 21.0. The summed E-state index contributed by atoms with van der Waals surface area (Å²) in [7, 11) is 5.81. The molecule has 0 radical (unpaired) electrons. The zero-order valence-corrected chi connectivity index (χ0v) is 20.5. The lowest BCUT2D eigenvalue weighted by molar-refractivity contribution is -0.285. The van der Waals surface area contributed by atoms with Crippen LogP contribution in [0.2, 0.25) is 0 Å². The summed E-state index contributed by atoms with van der Waals surface area (Å²) >= 11 is 0. The van der Waals surface area contributed by atoms with Gasteiger partial charge in [0.05, 0.1) is 18.1 Å². The summed E-state index contributed by atoms with van der Waals surface area (Å²) < 4.78 is 19.5. The second-order valence-electron chi connectivity index (χ2n) is 11.6. The molecular weight excluding hydrogens is 402 g/mol. The van der Waals surface area contributed by atoms with Gasteiger partial charge in [-0.2, -0.15) is 0 Å². The fourth-order valence-corrected chi connectivity index (χ4v) is 9.37. The van der Waals surface area contributed by atoms with Crippen LogP contribution < -0.4 is 9.47 Å². The summed E-state index contributed by atoms with van der Waals surface area (Å²) in [6.07, 6.45) is 7.71. The molecule has 0 aromatic heterocycles. The Bertz CT molecular complexity index is 1030. The highest BCUT2D eigenvalue weighted by atomic mass is 16.6. The summed E-state index contributed by atoms with van der Waals surface area (Å²) in [5.41, 5.74) is 0.149. The molecule has 4 bridgehead atoms. The number of methoxy groups -OCH3 is 2. The molecule has 5 heteroatoms. The van der Waals surface area contributed by atoms with Crippen molar-refractivity contribution in [3.05, 3.63) is 35.4 Å². The fourth-order valence-electron chi connectivity index (χ4n) is 9.37. The highest BCUT2D eigenvalue weighted by Crippen LogP contribution is 2.80. The summed E-state index contributed by atoms with van der Waals surface area (Å²) in [5.74, 6) is 2.03. The summed E-state index contributed by atoms with van der Waals surface area (Å²) in [5, 5.41) is 11.5. The lowest BCUT2D eigenvalue weighted by Gasteiger charge is -2.76. The van der Waals surface area contributed by atoms with Gasteiger partial charge in [-0.25, -0.2) is 0 Å². The Kier molecular flexibility index (Phi) is 3.88. The van der Waals surface area contributed by atoms with E-state index < -0.39 is 16.8 Å². The Balaban J connectivity index is 1.78. The zero-order valence-electron chi connectivity index (χ0n) is 20.5. The van der Waals surface area contributed by atoms with Crippen molar-refractivity contribution in [2.24, 2.45) is 11.3 Å². The summed E-state index contributed by atoms with van der Waals surface area (Å²) in [6, 6.07) is 4.73. The third kappa shape index (κ3) is 1.82. The maximum Gasteiger partial charge on any atom is 0.166 e. The minimum Gasteiger partial charge on any atom is -0.493 e. The van der Waals surface area contributed by atoms with Gasteiger partial charge in [0.15, 0.2) is 11.5 Å². The van der Waals surface area contributed by atoms with Crippen LogP contribution in [0.3, 0.4) is 0 Å². The highest BCUT2D eigenvalue weighted by molar-refractivity contribution is 5.68. The highest BCUT2D eigenvalue weighted by Gasteiger charge is 2.85. The zero-order chi connectivity index (χ0) is 22.9. The van der Waals surface area contributed by atoms with Crippen LogP contribution in [-0.2, 0) is 10.2 Å². The largest absolute Gasteiger partial charge is 0.493 e. The SMILES string of the molecule is CC[C@@H]1c2ccc(OC)c3c2[C@]24CCN(C)[C@H]1[C@]21C=C[C@@](OC)([C@@H](C(C)(C)O)C1)[C@@]4(C)O3. The van der Waals surface area contributed by atoms with E-state index in [2.05, 4.69) is 50.1 Å². The Morgan fingerprint density at radius 2 is 2.00 bits per heavy atom. The van der Waals surface area contributed by atoms with Crippen LogP contribution in [-0.4, -0.2) is 60.7 Å². The van der Waals surface area contributed by atoms with Gasteiger partial charge in [0.1, 0.15) is 11.2 Å². The molecule has 1 aromatic rings. The topological polar surface area (TPSA) is 51.2 Å². The molecule has 7 rings (SSSR count). The number of hydrogen-bond acceptors (Lipinski definition) is 5. The molecule has 1 N–H and O–H groups in total. The molecule has 174 valence electrons. The lowest BCUT2D eigenvalue weighted by atomic mass is 9.31. The van der Waals surface area contributed by atoms with E-state index in [1.165, 1.54) is 11.1 Å². The second kappa shape index (κ2) is 5.92. The molecule has 0 amide bonds. The fraction of sp³-hybridized carbons (Fsp3) is 0.704. The molecule has 2 fully saturated rings. The van der Waals surface area contributed by atoms with Gasteiger partial charge in [0, 0.05) is 36.0 Å². The van der Waals surface area contributed by atoms with Crippen molar-refractivity contribution in [3.63, 3.8) is 0 Å². The van der Waals surface area contributed by atoms with E-state index in [1.54, 1.807) is 14.2 Å². The monoisotopic (exact) mass is 439 g/mol. The number of fused-ring (bicyclic) bond motifs is 1. The molecule has 0 unspecified atom stereocenters. The van der Waals surface area contributed by atoms with Gasteiger partial charge >= 0.3 is 0 Å².